The molecule has 0 bridgehead atoms. The van der Waals surface area contributed by atoms with Gasteiger partial charge in [0, 0.05) is 26.2 Å². The second kappa shape index (κ2) is 7.63. The van der Waals surface area contributed by atoms with Gasteiger partial charge in [0.15, 0.2) is 0 Å². The van der Waals surface area contributed by atoms with Crippen LogP contribution in [0.5, 0.6) is 0 Å². The van der Waals surface area contributed by atoms with Crippen molar-refractivity contribution in [3.05, 3.63) is 29.8 Å². The van der Waals surface area contributed by atoms with Crippen molar-refractivity contribution in [3.63, 3.8) is 0 Å². The summed E-state index contributed by atoms with van der Waals surface area (Å²) < 4.78 is 26.9. The summed E-state index contributed by atoms with van der Waals surface area (Å²) in [7, 11) is -3.52. The number of sulfonamides is 1. The summed E-state index contributed by atoms with van der Waals surface area (Å²) in [5.74, 6) is -0.477. The van der Waals surface area contributed by atoms with Crippen molar-refractivity contribution in [2.75, 3.05) is 26.2 Å². The summed E-state index contributed by atoms with van der Waals surface area (Å²) in [6, 6.07) is 6.50. The molecule has 0 spiro atoms. The maximum Gasteiger partial charge on any atom is 0.320 e. The molecule has 1 saturated heterocycles. The third-order valence-corrected chi connectivity index (χ3v) is 6.79. The van der Waals surface area contributed by atoms with Crippen LogP contribution in [-0.4, -0.2) is 60.9 Å². The molecular formula is C17H26N2O4S. The van der Waals surface area contributed by atoms with Crippen LogP contribution in [0.15, 0.2) is 29.2 Å². The van der Waals surface area contributed by atoms with Crippen LogP contribution in [0.4, 0.5) is 0 Å². The number of carboxylic acids is 1. The molecule has 0 aromatic heterocycles. The standard InChI is InChI=1S/C17H26N2O4S/c1-4-13(2)15-5-7-16(8-6-15)24(22,23)19-11-9-18(10-12-19)14(3)17(20)21/h5-8,13-14H,4,9-12H2,1-3H3,(H,20,21). The molecule has 2 rings (SSSR count). The normalized spacial score (nSPS) is 19.8. The van der Waals surface area contributed by atoms with Gasteiger partial charge in [-0.15, -0.1) is 0 Å². The molecule has 6 nitrogen and oxygen atoms in total. The number of aliphatic carboxylic acids is 1. The third kappa shape index (κ3) is 3.96. The van der Waals surface area contributed by atoms with Gasteiger partial charge in [-0.2, -0.15) is 4.31 Å². The fourth-order valence-corrected chi connectivity index (χ4v) is 4.26. The first-order valence-electron chi connectivity index (χ1n) is 8.34. The Morgan fingerprint density at radius 3 is 2.12 bits per heavy atom. The largest absolute Gasteiger partial charge is 0.480 e. The monoisotopic (exact) mass is 354 g/mol. The van der Waals surface area contributed by atoms with E-state index in [0.29, 0.717) is 37.0 Å². The molecule has 2 unspecified atom stereocenters. The van der Waals surface area contributed by atoms with Crippen LogP contribution in [-0.2, 0) is 14.8 Å². The number of rotatable bonds is 6. The molecule has 0 radical (unpaired) electrons. The first kappa shape index (κ1) is 18.9. The number of carboxylic acid groups (broad SMARTS) is 1. The maximum atomic E-state index is 12.7. The second-order valence-electron chi connectivity index (χ2n) is 6.33. The Morgan fingerprint density at radius 1 is 1.12 bits per heavy atom. The van der Waals surface area contributed by atoms with Crippen LogP contribution in [0.3, 0.4) is 0 Å². The fraction of sp³-hybridized carbons (Fsp3) is 0.588. The number of hydrogen-bond donors (Lipinski definition) is 1. The first-order chi connectivity index (χ1) is 11.3. The summed E-state index contributed by atoms with van der Waals surface area (Å²) in [5.41, 5.74) is 1.14. The van der Waals surface area contributed by atoms with Gasteiger partial charge in [-0.3, -0.25) is 9.69 Å². The van der Waals surface area contributed by atoms with E-state index in [2.05, 4.69) is 13.8 Å². The lowest BCUT2D eigenvalue weighted by atomic mass is 9.99. The Kier molecular flexibility index (Phi) is 6.01. The number of benzene rings is 1. The Bertz CT molecular complexity index is 664. The summed E-state index contributed by atoms with van der Waals surface area (Å²) in [5, 5.41) is 9.06. The molecule has 1 fully saturated rings. The molecule has 7 heteroatoms. The third-order valence-electron chi connectivity index (χ3n) is 4.88. The van der Waals surface area contributed by atoms with E-state index in [1.807, 2.05) is 12.1 Å². The van der Waals surface area contributed by atoms with Crippen molar-refractivity contribution in [2.24, 2.45) is 0 Å². The van der Waals surface area contributed by atoms with Crippen LogP contribution in [0.1, 0.15) is 38.7 Å². The highest BCUT2D eigenvalue weighted by atomic mass is 32.2. The van der Waals surface area contributed by atoms with Crippen LogP contribution in [0, 0.1) is 0 Å². The Morgan fingerprint density at radius 2 is 1.67 bits per heavy atom. The van der Waals surface area contributed by atoms with Crippen molar-refractivity contribution in [3.8, 4) is 0 Å². The van der Waals surface area contributed by atoms with Crippen molar-refractivity contribution >= 4 is 16.0 Å². The molecule has 1 aliphatic heterocycles. The predicted molar refractivity (Wildman–Crippen MR) is 92.6 cm³/mol. The molecular weight excluding hydrogens is 328 g/mol. The lowest BCUT2D eigenvalue weighted by molar-refractivity contribution is -0.143. The molecule has 1 N–H and O–H groups in total. The van der Waals surface area contributed by atoms with Gasteiger partial charge in [0.1, 0.15) is 6.04 Å². The molecule has 1 aliphatic rings. The molecule has 1 aromatic carbocycles. The van der Waals surface area contributed by atoms with Gasteiger partial charge in [0.2, 0.25) is 10.0 Å². The number of nitrogens with zero attached hydrogens (tertiary/aromatic N) is 2. The highest BCUT2D eigenvalue weighted by molar-refractivity contribution is 7.89. The van der Waals surface area contributed by atoms with Crippen LogP contribution in [0.2, 0.25) is 0 Å². The summed E-state index contributed by atoms with van der Waals surface area (Å²) >= 11 is 0. The minimum absolute atomic E-state index is 0.300. The molecule has 1 heterocycles. The molecule has 24 heavy (non-hydrogen) atoms. The molecule has 134 valence electrons. The van der Waals surface area contributed by atoms with Gasteiger partial charge < -0.3 is 5.11 Å². The van der Waals surface area contributed by atoms with Crippen molar-refractivity contribution < 1.29 is 18.3 Å². The van der Waals surface area contributed by atoms with E-state index < -0.39 is 22.0 Å². The Labute approximate surface area is 144 Å². The average Bonchev–Trinajstić information content (AvgIpc) is 2.60. The van der Waals surface area contributed by atoms with E-state index in [4.69, 9.17) is 5.11 Å². The lowest BCUT2D eigenvalue weighted by Gasteiger charge is -2.35. The first-order valence-corrected chi connectivity index (χ1v) is 9.78. The van der Waals surface area contributed by atoms with Crippen LogP contribution < -0.4 is 0 Å². The minimum Gasteiger partial charge on any atom is -0.480 e. The number of piperazine rings is 1. The summed E-state index contributed by atoms with van der Waals surface area (Å²) in [6.45, 7) is 7.33. The second-order valence-corrected chi connectivity index (χ2v) is 8.27. The van der Waals surface area contributed by atoms with Gasteiger partial charge in [-0.25, -0.2) is 8.42 Å². The van der Waals surface area contributed by atoms with E-state index in [-0.39, 0.29) is 0 Å². The van der Waals surface area contributed by atoms with E-state index in [9.17, 15) is 13.2 Å². The van der Waals surface area contributed by atoms with Crippen LogP contribution in [0.25, 0.3) is 0 Å². The summed E-state index contributed by atoms with van der Waals surface area (Å²) in [6.07, 6.45) is 1.01. The van der Waals surface area contributed by atoms with E-state index in [0.717, 1.165) is 12.0 Å². The number of carbonyl (C=O) groups is 1. The fourth-order valence-electron chi connectivity index (χ4n) is 2.84. The smallest absolute Gasteiger partial charge is 0.320 e. The quantitative estimate of drug-likeness (QED) is 0.845. The zero-order valence-electron chi connectivity index (χ0n) is 14.5. The Balaban J connectivity index is 2.08. The minimum atomic E-state index is -3.52. The van der Waals surface area contributed by atoms with Gasteiger partial charge in [0.05, 0.1) is 4.90 Å². The van der Waals surface area contributed by atoms with Gasteiger partial charge in [-0.1, -0.05) is 26.0 Å². The van der Waals surface area contributed by atoms with E-state index in [1.54, 1.807) is 24.0 Å². The van der Waals surface area contributed by atoms with E-state index in [1.165, 1.54) is 4.31 Å². The highest BCUT2D eigenvalue weighted by Gasteiger charge is 2.31. The summed E-state index contributed by atoms with van der Waals surface area (Å²) in [4.78, 5) is 13.1. The predicted octanol–water partition coefficient (Wildman–Crippen LogP) is 1.98. The average molecular weight is 354 g/mol. The van der Waals surface area contributed by atoms with Crippen molar-refractivity contribution in [2.45, 2.75) is 44.0 Å². The SMILES string of the molecule is CCC(C)c1ccc(S(=O)(=O)N2CCN(C(C)C(=O)O)CC2)cc1. The molecule has 0 amide bonds. The maximum absolute atomic E-state index is 12.7. The topological polar surface area (TPSA) is 77.9 Å². The van der Waals surface area contributed by atoms with Gasteiger partial charge in [0.25, 0.3) is 0 Å². The van der Waals surface area contributed by atoms with Crippen LogP contribution >= 0.6 is 0 Å². The lowest BCUT2D eigenvalue weighted by Crippen LogP contribution is -2.53. The molecule has 0 saturated carbocycles. The zero-order valence-corrected chi connectivity index (χ0v) is 15.3. The van der Waals surface area contributed by atoms with Crippen molar-refractivity contribution in [1.29, 1.82) is 0 Å². The molecule has 0 aliphatic carbocycles. The van der Waals surface area contributed by atoms with Gasteiger partial charge >= 0.3 is 5.97 Å². The van der Waals surface area contributed by atoms with E-state index >= 15 is 0 Å². The zero-order chi connectivity index (χ0) is 17.9. The highest BCUT2D eigenvalue weighted by Crippen LogP contribution is 2.23. The van der Waals surface area contributed by atoms with Crippen molar-refractivity contribution in [1.82, 2.24) is 9.21 Å². The van der Waals surface area contributed by atoms with Gasteiger partial charge in [-0.05, 0) is 37.0 Å². The molecule has 2 atom stereocenters. The number of hydrogen-bond acceptors (Lipinski definition) is 4. The Hall–Kier alpha value is -1.44. The molecule has 1 aromatic rings.